The van der Waals surface area contributed by atoms with E-state index in [-0.39, 0.29) is 12.0 Å². The Labute approximate surface area is 88.8 Å². The summed E-state index contributed by atoms with van der Waals surface area (Å²) in [5.74, 6) is 0.841. The molecule has 0 aliphatic carbocycles. The first-order valence-corrected chi connectivity index (χ1v) is 5.16. The van der Waals surface area contributed by atoms with Gasteiger partial charge in [0.15, 0.2) is 0 Å². The summed E-state index contributed by atoms with van der Waals surface area (Å²) < 4.78 is 10.5. The molecule has 2 heterocycles. The van der Waals surface area contributed by atoms with Crippen molar-refractivity contribution in [1.29, 1.82) is 0 Å². The molecule has 0 N–H and O–H groups in total. The summed E-state index contributed by atoms with van der Waals surface area (Å²) in [6.45, 7) is 1.21. The normalized spacial score (nSPS) is 20.5. The van der Waals surface area contributed by atoms with Crippen molar-refractivity contribution in [2.24, 2.45) is 0 Å². The molecule has 2 rings (SSSR count). The summed E-state index contributed by atoms with van der Waals surface area (Å²) in [5, 5.41) is 0. The zero-order valence-electron chi connectivity index (χ0n) is 8.81. The van der Waals surface area contributed by atoms with E-state index < -0.39 is 0 Å². The van der Waals surface area contributed by atoms with Crippen LogP contribution in [0.1, 0.15) is 18.6 Å². The minimum atomic E-state index is -0.245. The van der Waals surface area contributed by atoms with Crippen LogP contribution >= 0.6 is 0 Å². The number of carbonyl (C=O) groups excluding carboxylic acids is 1. The number of amides is 1. The molecule has 0 saturated carbocycles. The number of hydrogen-bond donors (Lipinski definition) is 0. The van der Waals surface area contributed by atoms with Gasteiger partial charge >= 0.3 is 0 Å². The third kappa shape index (κ3) is 2.39. The Hall–Kier alpha value is -1.29. The molecule has 1 aromatic heterocycles. The van der Waals surface area contributed by atoms with E-state index in [2.05, 4.69) is 0 Å². The lowest BCUT2D eigenvalue weighted by Crippen LogP contribution is -2.35. The summed E-state index contributed by atoms with van der Waals surface area (Å²) in [4.78, 5) is 13.5. The van der Waals surface area contributed by atoms with Crippen molar-refractivity contribution in [2.45, 2.75) is 25.5 Å². The van der Waals surface area contributed by atoms with Crippen LogP contribution in [0.4, 0.5) is 0 Å². The summed E-state index contributed by atoms with van der Waals surface area (Å²) in [6.07, 6.45) is 3.18. The molecule has 1 aromatic rings. The molecule has 4 nitrogen and oxygen atoms in total. The quantitative estimate of drug-likeness (QED) is 0.756. The van der Waals surface area contributed by atoms with E-state index in [4.69, 9.17) is 9.15 Å². The van der Waals surface area contributed by atoms with E-state index in [1.807, 2.05) is 12.1 Å². The second-order valence-corrected chi connectivity index (χ2v) is 3.78. The Morgan fingerprint density at radius 3 is 3.13 bits per heavy atom. The highest BCUT2D eigenvalue weighted by atomic mass is 16.5. The molecule has 1 amide bonds. The van der Waals surface area contributed by atoms with Crippen molar-refractivity contribution < 1.29 is 13.9 Å². The maximum absolute atomic E-state index is 11.8. The van der Waals surface area contributed by atoms with Crippen molar-refractivity contribution in [1.82, 2.24) is 4.90 Å². The van der Waals surface area contributed by atoms with Crippen LogP contribution < -0.4 is 0 Å². The highest BCUT2D eigenvalue weighted by Crippen LogP contribution is 2.15. The Balaban J connectivity index is 1.89. The van der Waals surface area contributed by atoms with Gasteiger partial charge in [-0.25, -0.2) is 0 Å². The molecule has 82 valence electrons. The Kier molecular flexibility index (Phi) is 3.06. The topological polar surface area (TPSA) is 42.7 Å². The monoisotopic (exact) mass is 209 g/mol. The van der Waals surface area contributed by atoms with Gasteiger partial charge in [0.05, 0.1) is 12.8 Å². The fraction of sp³-hybridized carbons (Fsp3) is 0.545. The van der Waals surface area contributed by atoms with Gasteiger partial charge < -0.3 is 14.1 Å². The summed E-state index contributed by atoms with van der Waals surface area (Å²) in [6, 6.07) is 3.68. The number of furan rings is 1. The number of carbonyl (C=O) groups is 1. The molecular formula is C11H15NO3. The van der Waals surface area contributed by atoms with Gasteiger partial charge in [-0.05, 0) is 25.0 Å². The minimum absolute atomic E-state index is 0.0453. The number of rotatable bonds is 3. The molecular weight excluding hydrogens is 194 g/mol. The predicted molar refractivity (Wildman–Crippen MR) is 54.2 cm³/mol. The fourth-order valence-corrected chi connectivity index (χ4v) is 1.73. The molecule has 1 atom stereocenters. The summed E-state index contributed by atoms with van der Waals surface area (Å²) >= 11 is 0. The molecule has 4 heteroatoms. The number of hydrogen-bond acceptors (Lipinski definition) is 3. The number of likely N-dealkylation sites (N-methyl/N-ethyl adjacent to an activating group) is 1. The maximum atomic E-state index is 11.8. The molecule has 1 aliphatic heterocycles. The molecule has 0 spiro atoms. The SMILES string of the molecule is CN(Cc1ccco1)C(=O)C1CCCO1. The van der Waals surface area contributed by atoms with Crippen LogP contribution in [0.15, 0.2) is 22.8 Å². The largest absolute Gasteiger partial charge is 0.467 e. The molecule has 1 unspecified atom stereocenters. The smallest absolute Gasteiger partial charge is 0.251 e. The molecule has 0 bridgehead atoms. The zero-order chi connectivity index (χ0) is 10.7. The van der Waals surface area contributed by atoms with Gasteiger partial charge in [-0.2, -0.15) is 0 Å². The van der Waals surface area contributed by atoms with E-state index in [0.29, 0.717) is 13.2 Å². The van der Waals surface area contributed by atoms with E-state index in [1.54, 1.807) is 18.2 Å². The van der Waals surface area contributed by atoms with Crippen LogP contribution in [0.5, 0.6) is 0 Å². The summed E-state index contributed by atoms with van der Waals surface area (Å²) in [7, 11) is 1.77. The van der Waals surface area contributed by atoms with Gasteiger partial charge in [-0.15, -0.1) is 0 Å². The van der Waals surface area contributed by atoms with Crippen LogP contribution in [0.2, 0.25) is 0 Å². The highest BCUT2D eigenvalue weighted by molar-refractivity contribution is 5.80. The van der Waals surface area contributed by atoms with Crippen molar-refractivity contribution >= 4 is 5.91 Å². The van der Waals surface area contributed by atoms with Crippen molar-refractivity contribution in [3.63, 3.8) is 0 Å². The average molecular weight is 209 g/mol. The third-order valence-electron chi connectivity index (χ3n) is 2.55. The lowest BCUT2D eigenvalue weighted by Gasteiger charge is -2.19. The van der Waals surface area contributed by atoms with E-state index >= 15 is 0 Å². The first-order chi connectivity index (χ1) is 7.27. The van der Waals surface area contributed by atoms with Crippen LogP contribution in [0.3, 0.4) is 0 Å². The first kappa shape index (κ1) is 10.2. The van der Waals surface area contributed by atoms with E-state index in [0.717, 1.165) is 18.6 Å². The Morgan fingerprint density at radius 1 is 1.67 bits per heavy atom. The Morgan fingerprint density at radius 2 is 2.53 bits per heavy atom. The first-order valence-electron chi connectivity index (χ1n) is 5.16. The van der Waals surface area contributed by atoms with Gasteiger partial charge in [0, 0.05) is 13.7 Å². The molecule has 15 heavy (non-hydrogen) atoms. The van der Waals surface area contributed by atoms with Crippen LogP contribution in [-0.2, 0) is 16.1 Å². The van der Waals surface area contributed by atoms with Crippen LogP contribution in [0, 0.1) is 0 Å². The molecule has 1 fully saturated rings. The fourth-order valence-electron chi connectivity index (χ4n) is 1.73. The highest BCUT2D eigenvalue weighted by Gasteiger charge is 2.26. The maximum Gasteiger partial charge on any atom is 0.251 e. The van der Waals surface area contributed by atoms with Gasteiger partial charge in [0.2, 0.25) is 0 Å². The summed E-state index contributed by atoms with van der Waals surface area (Å²) in [5.41, 5.74) is 0. The molecule has 0 aromatic carbocycles. The van der Waals surface area contributed by atoms with Crippen molar-refractivity contribution in [3.8, 4) is 0 Å². The van der Waals surface area contributed by atoms with E-state index in [1.165, 1.54) is 0 Å². The lowest BCUT2D eigenvalue weighted by atomic mass is 10.2. The Bertz CT molecular complexity index is 315. The lowest BCUT2D eigenvalue weighted by molar-refractivity contribution is -0.140. The van der Waals surface area contributed by atoms with Crippen molar-refractivity contribution in [3.05, 3.63) is 24.2 Å². The van der Waals surface area contributed by atoms with Crippen LogP contribution in [0.25, 0.3) is 0 Å². The zero-order valence-corrected chi connectivity index (χ0v) is 8.81. The molecule has 0 radical (unpaired) electrons. The predicted octanol–water partition coefficient (Wildman–Crippen LogP) is 1.42. The van der Waals surface area contributed by atoms with Gasteiger partial charge in [0.25, 0.3) is 5.91 Å². The molecule has 1 saturated heterocycles. The van der Waals surface area contributed by atoms with Crippen LogP contribution in [-0.4, -0.2) is 30.6 Å². The van der Waals surface area contributed by atoms with E-state index in [9.17, 15) is 4.79 Å². The van der Waals surface area contributed by atoms with Gasteiger partial charge in [-0.3, -0.25) is 4.79 Å². The average Bonchev–Trinajstić information content (AvgIpc) is 2.88. The minimum Gasteiger partial charge on any atom is -0.467 e. The second-order valence-electron chi connectivity index (χ2n) is 3.78. The van der Waals surface area contributed by atoms with Gasteiger partial charge in [0.1, 0.15) is 11.9 Å². The standard InChI is InChI=1S/C11H15NO3/c1-12(8-9-4-2-6-14-9)11(13)10-5-3-7-15-10/h2,4,6,10H,3,5,7-8H2,1H3. The molecule has 1 aliphatic rings. The third-order valence-corrected chi connectivity index (χ3v) is 2.55. The van der Waals surface area contributed by atoms with Gasteiger partial charge in [-0.1, -0.05) is 0 Å². The number of ether oxygens (including phenoxy) is 1. The van der Waals surface area contributed by atoms with Crippen molar-refractivity contribution in [2.75, 3.05) is 13.7 Å². The second kappa shape index (κ2) is 4.49. The number of nitrogens with zero attached hydrogens (tertiary/aromatic N) is 1.